The quantitative estimate of drug-likeness (QED) is 0.895. The van der Waals surface area contributed by atoms with E-state index in [0.717, 1.165) is 17.8 Å². The van der Waals surface area contributed by atoms with Crippen molar-refractivity contribution in [2.45, 2.75) is 25.0 Å². The van der Waals surface area contributed by atoms with Crippen LogP contribution in [0.4, 0.5) is 0 Å². The number of aromatic carboxylic acids is 1. The van der Waals surface area contributed by atoms with Crippen LogP contribution in [0.2, 0.25) is 0 Å². The van der Waals surface area contributed by atoms with Gasteiger partial charge in [-0.05, 0) is 19.1 Å². The SMILES string of the molecule is CC1CN(C(=O)c2ccc(C(=O)O)s2)CC2(CCOC2)O1. The van der Waals surface area contributed by atoms with E-state index < -0.39 is 11.6 Å². The molecule has 0 bridgehead atoms. The molecule has 0 aromatic carbocycles. The lowest BCUT2D eigenvalue weighted by molar-refractivity contribution is -0.138. The molecule has 1 N–H and O–H groups in total. The van der Waals surface area contributed by atoms with Crippen molar-refractivity contribution >= 4 is 23.2 Å². The van der Waals surface area contributed by atoms with Gasteiger partial charge in [-0.15, -0.1) is 11.3 Å². The first-order valence-electron chi connectivity index (χ1n) is 6.87. The number of morpholine rings is 1. The summed E-state index contributed by atoms with van der Waals surface area (Å²) in [7, 11) is 0. The van der Waals surface area contributed by atoms with Crippen LogP contribution in [0.15, 0.2) is 12.1 Å². The summed E-state index contributed by atoms with van der Waals surface area (Å²) in [5.74, 6) is -1.14. The molecule has 2 fully saturated rings. The standard InChI is InChI=1S/C14H17NO5S/c1-9-6-15(7-14(20-9)4-5-19-8-14)12(16)10-2-3-11(21-10)13(17)18/h2-3,9H,4-8H2,1H3,(H,17,18). The van der Waals surface area contributed by atoms with Crippen LogP contribution in [0.3, 0.4) is 0 Å². The molecule has 21 heavy (non-hydrogen) atoms. The van der Waals surface area contributed by atoms with E-state index in [1.165, 1.54) is 6.07 Å². The number of carbonyl (C=O) groups is 2. The van der Waals surface area contributed by atoms with Gasteiger partial charge in [-0.2, -0.15) is 0 Å². The van der Waals surface area contributed by atoms with Crippen LogP contribution in [0.1, 0.15) is 32.7 Å². The van der Waals surface area contributed by atoms with Gasteiger partial charge in [0.2, 0.25) is 0 Å². The summed E-state index contributed by atoms with van der Waals surface area (Å²) in [6.45, 7) is 4.11. The lowest BCUT2D eigenvalue weighted by Crippen LogP contribution is -2.56. The van der Waals surface area contributed by atoms with Crippen LogP contribution in [-0.2, 0) is 9.47 Å². The molecule has 2 aliphatic heterocycles. The molecule has 0 radical (unpaired) electrons. The smallest absolute Gasteiger partial charge is 0.345 e. The van der Waals surface area contributed by atoms with Gasteiger partial charge < -0.3 is 19.5 Å². The first kappa shape index (κ1) is 14.5. The van der Waals surface area contributed by atoms with Crippen molar-refractivity contribution in [1.82, 2.24) is 4.90 Å². The van der Waals surface area contributed by atoms with Gasteiger partial charge in [0.1, 0.15) is 10.5 Å². The molecule has 6 nitrogen and oxygen atoms in total. The molecule has 2 atom stereocenters. The minimum absolute atomic E-state index is 0.0525. The van der Waals surface area contributed by atoms with Gasteiger partial charge in [-0.25, -0.2) is 4.79 Å². The third kappa shape index (κ3) is 2.81. The van der Waals surface area contributed by atoms with E-state index in [4.69, 9.17) is 14.6 Å². The van der Waals surface area contributed by atoms with E-state index in [2.05, 4.69) is 0 Å². The Kier molecular flexibility index (Phi) is 3.73. The Labute approximate surface area is 126 Å². The van der Waals surface area contributed by atoms with Crippen molar-refractivity contribution in [3.05, 3.63) is 21.9 Å². The summed E-state index contributed by atoms with van der Waals surface area (Å²) in [4.78, 5) is 25.9. The molecule has 0 saturated carbocycles. The predicted molar refractivity (Wildman–Crippen MR) is 75.9 cm³/mol. The zero-order chi connectivity index (χ0) is 15.0. The van der Waals surface area contributed by atoms with E-state index in [9.17, 15) is 9.59 Å². The van der Waals surface area contributed by atoms with Crippen LogP contribution >= 0.6 is 11.3 Å². The van der Waals surface area contributed by atoms with Gasteiger partial charge >= 0.3 is 5.97 Å². The molecule has 1 aromatic rings. The summed E-state index contributed by atoms with van der Waals surface area (Å²) < 4.78 is 11.4. The summed E-state index contributed by atoms with van der Waals surface area (Å²) in [6, 6.07) is 3.05. The fraction of sp³-hybridized carbons (Fsp3) is 0.571. The highest BCUT2D eigenvalue weighted by molar-refractivity contribution is 7.15. The number of nitrogens with zero attached hydrogens (tertiary/aromatic N) is 1. The third-order valence-corrected chi connectivity index (χ3v) is 4.85. The van der Waals surface area contributed by atoms with E-state index >= 15 is 0 Å². The zero-order valence-electron chi connectivity index (χ0n) is 11.7. The second-order valence-corrected chi connectivity index (χ2v) is 6.65. The summed E-state index contributed by atoms with van der Waals surface area (Å²) in [5, 5.41) is 8.95. The van der Waals surface area contributed by atoms with Crippen molar-refractivity contribution < 1.29 is 24.2 Å². The summed E-state index contributed by atoms with van der Waals surface area (Å²) in [5.41, 5.74) is -0.403. The number of thiophene rings is 1. The number of hydrogen-bond donors (Lipinski definition) is 1. The number of ether oxygens (including phenoxy) is 2. The van der Waals surface area contributed by atoms with Crippen molar-refractivity contribution in [1.29, 1.82) is 0 Å². The van der Waals surface area contributed by atoms with Crippen LogP contribution in [0.5, 0.6) is 0 Å². The highest BCUT2D eigenvalue weighted by Gasteiger charge is 2.44. The second-order valence-electron chi connectivity index (χ2n) is 5.57. The Morgan fingerprint density at radius 2 is 2.19 bits per heavy atom. The largest absolute Gasteiger partial charge is 0.477 e. The fourth-order valence-corrected chi connectivity index (χ4v) is 3.72. The number of amides is 1. The minimum Gasteiger partial charge on any atom is -0.477 e. The topological polar surface area (TPSA) is 76.1 Å². The first-order valence-corrected chi connectivity index (χ1v) is 7.69. The maximum Gasteiger partial charge on any atom is 0.345 e. The molecule has 3 heterocycles. The number of carboxylic acids is 1. The van der Waals surface area contributed by atoms with Crippen LogP contribution < -0.4 is 0 Å². The Morgan fingerprint density at radius 3 is 2.81 bits per heavy atom. The van der Waals surface area contributed by atoms with Gasteiger partial charge in [0.05, 0.1) is 24.1 Å². The molecule has 7 heteroatoms. The van der Waals surface area contributed by atoms with Gasteiger partial charge in [-0.3, -0.25) is 4.79 Å². The minimum atomic E-state index is -1.00. The van der Waals surface area contributed by atoms with E-state index in [1.807, 2.05) is 6.92 Å². The number of hydrogen-bond acceptors (Lipinski definition) is 5. The van der Waals surface area contributed by atoms with Gasteiger partial charge in [0.25, 0.3) is 5.91 Å². The highest BCUT2D eigenvalue weighted by Crippen LogP contribution is 2.31. The van der Waals surface area contributed by atoms with Crippen molar-refractivity contribution in [2.24, 2.45) is 0 Å². The lowest BCUT2D eigenvalue weighted by atomic mass is 9.99. The average molecular weight is 311 g/mol. The molecular weight excluding hydrogens is 294 g/mol. The van der Waals surface area contributed by atoms with Crippen molar-refractivity contribution in [3.8, 4) is 0 Å². The number of rotatable bonds is 2. The van der Waals surface area contributed by atoms with Gasteiger partial charge in [0, 0.05) is 19.6 Å². The predicted octanol–water partition coefficient (Wildman–Crippen LogP) is 1.47. The average Bonchev–Trinajstić information content (AvgIpc) is 3.06. The lowest BCUT2D eigenvalue weighted by Gasteiger charge is -2.42. The molecule has 3 rings (SSSR count). The normalized spacial score (nSPS) is 29.0. The molecule has 2 saturated heterocycles. The monoisotopic (exact) mass is 311 g/mol. The number of carbonyl (C=O) groups excluding carboxylic acids is 1. The summed E-state index contributed by atoms with van der Waals surface area (Å²) in [6.07, 6.45) is 0.731. The molecule has 114 valence electrons. The summed E-state index contributed by atoms with van der Waals surface area (Å²) >= 11 is 1.01. The Morgan fingerprint density at radius 1 is 1.43 bits per heavy atom. The zero-order valence-corrected chi connectivity index (χ0v) is 12.5. The molecule has 0 aliphatic carbocycles. The second kappa shape index (κ2) is 5.40. The van der Waals surface area contributed by atoms with E-state index in [-0.39, 0.29) is 16.9 Å². The van der Waals surface area contributed by atoms with Crippen LogP contribution in [0.25, 0.3) is 0 Å². The van der Waals surface area contributed by atoms with Crippen molar-refractivity contribution in [2.75, 3.05) is 26.3 Å². The highest BCUT2D eigenvalue weighted by atomic mass is 32.1. The number of carboxylic acid groups (broad SMARTS) is 1. The first-order chi connectivity index (χ1) is 9.99. The third-order valence-electron chi connectivity index (χ3n) is 3.79. The van der Waals surface area contributed by atoms with Crippen LogP contribution in [-0.4, -0.2) is 59.9 Å². The van der Waals surface area contributed by atoms with E-state index in [1.54, 1.807) is 11.0 Å². The maximum absolute atomic E-state index is 12.6. The fourth-order valence-electron chi connectivity index (χ4n) is 2.91. The van der Waals surface area contributed by atoms with Crippen LogP contribution in [0, 0.1) is 0 Å². The molecule has 1 spiro atoms. The Hall–Kier alpha value is -1.44. The van der Waals surface area contributed by atoms with Crippen molar-refractivity contribution in [3.63, 3.8) is 0 Å². The van der Waals surface area contributed by atoms with E-state index in [0.29, 0.717) is 31.2 Å². The molecule has 2 unspecified atom stereocenters. The molecular formula is C14H17NO5S. The molecule has 2 aliphatic rings. The van der Waals surface area contributed by atoms with Gasteiger partial charge in [-0.1, -0.05) is 0 Å². The maximum atomic E-state index is 12.6. The molecule has 1 aromatic heterocycles. The Balaban J connectivity index is 1.78. The van der Waals surface area contributed by atoms with Gasteiger partial charge in [0.15, 0.2) is 0 Å². The molecule has 1 amide bonds. The Bertz CT molecular complexity index is 563.